The number of carbonyl (C=O) groups is 1. The van der Waals surface area contributed by atoms with Crippen molar-refractivity contribution in [2.45, 2.75) is 12.5 Å². The van der Waals surface area contributed by atoms with Gasteiger partial charge in [-0.15, -0.1) is 0 Å². The molecule has 0 aliphatic rings. The van der Waals surface area contributed by atoms with Crippen molar-refractivity contribution >= 4 is 5.97 Å². The van der Waals surface area contributed by atoms with E-state index in [4.69, 9.17) is 5.73 Å². The van der Waals surface area contributed by atoms with E-state index >= 15 is 0 Å². The van der Waals surface area contributed by atoms with E-state index in [1.165, 1.54) is 7.11 Å². The van der Waals surface area contributed by atoms with Gasteiger partial charge in [-0.1, -0.05) is 0 Å². The van der Waals surface area contributed by atoms with Crippen molar-refractivity contribution in [1.29, 1.82) is 0 Å². The molecule has 2 N–H and O–H groups in total. The fourth-order valence-corrected chi connectivity index (χ4v) is 1.07. The SMILES string of the molecule is COC(=O)C(N)Cc1cnn(C)c1. The number of esters is 1. The Bertz CT molecular complexity index is 295. The molecule has 0 amide bonds. The lowest BCUT2D eigenvalue weighted by atomic mass is 10.1. The topological polar surface area (TPSA) is 70.1 Å². The van der Waals surface area contributed by atoms with E-state index in [1.54, 1.807) is 10.9 Å². The van der Waals surface area contributed by atoms with Crippen LogP contribution < -0.4 is 5.73 Å². The van der Waals surface area contributed by atoms with E-state index in [0.717, 1.165) is 5.56 Å². The van der Waals surface area contributed by atoms with Crippen LogP contribution in [0, 0.1) is 0 Å². The monoisotopic (exact) mass is 183 g/mol. The number of rotatable bonds is 3. The van der Waals surface area contributed by atoms with Crippen LogP contribution in [0.1, 0.15) is 5.56 Å². The molecule has 1 atom stereocenters. The second-order valence-electron chi connectivity index (χ2n) is 2.86. The average Bonchev–Trinajstić information content (AvgIpc) is 2.49. The Morgan fingerprint density at radius 2 is 2.54 bits per heavy atom. The van der Waals surface area contributed by atoms with Crippen molar-refractivity contribution in [3.05, 3.63) is 18.0 Å². The lowest BCUT2D eigenvalue weighted by Crippen LogP contribution is -2.33. The van der Waals surface area contributed by atoms with Gasteiger partial charge >= 0.3 is 5.97 Å². The third kappa shape index (κ3) is 2.55. The molecule has 1 heterocycles. The van der Waals surface area contributed by atoms with Crippen molar-refractivity contribution in [3.63, 3.8) is 0 Å². The molecule has 0 aromatic carbocycles. The van der Waals surface area contributed by atoms with Gasteiger partial charge in [-0.3, -0.25) is 9.48 Å². The van der Waals surface area contributed by atoms with Gasteiger partial charge in [0, 0.05) is 19.7 Å². The van der Waals surface area contributed by atoms with Crippen molar-refractivity contribution in [3.8, 4) is 0 Å². The molecule has 72 valence electrons. The Hall–Kier alpha value is -1.36. The summed E-state index contributed by atoms with van der Waals surface area (Å²) < 4.78 is 6.17. The maximum absolute atomic E-state index is 10.9. The van der Waals surface area contributed by atoms with Gasteiger partial charge < -0.3 is 10.5 Å². The summed E-state index contributed by atoms with van der Waals surface area (Å²) >= 11 is 0. The number of nitrogens with two attached hydrogens (primary N) is 1. The Labute approximate surface area is 76.5 Å². The van der Waals surface area contributed by atoms with Crippen molar-refractivity contribution < 1.29 is 9.53 Å². The molecule has 1 unspecified atom stereocenters. The van der Waals surface area contributed by atoms with E-state index in [9.17, 15) is 4.79 Å². The fraction of sp³-hybridized carbons (Fsp3) is 0.500. The maximum Gasteiger partial charge on any atom is 0.322 e. The van der Waals surface area contributed by atoms with Crippen molar-refractivity contribution in [1.82, 2.24) is 9.78 Å². The van der Waals surface area contributed by atoms with Gasteiger partial charge in [0.05, 0.1) is 13.3 Å². The van der Waals surface area contributed by atoms with Crippen molar-refractivity contribution in [2.24, 2.45) is 12.8 Å². The minimum atomic E-state index is -0.603. The Morgan fingerprint density at radius 3 is 3.00 bits per heavy atom. The highest BCUT2D eigenvalue weighted by Gasteiger charge is 2.14. The number of methoxy groups -OCH3 is 1. The molecule has 5 heteroatoms. The van der Waals surface area contributed by atoms with Gasteiger partial charge in [0.2, 0.25) is 0 Å². The first-order valence-electron chi connectivity index (χ1n) is 3.94. The molecule has 13 heavy (non-hydrogen) atoms. The molecule has 0 aliphatic heterocycles. The van der Waals surface area contributed by atoms with Gasteiger partial charge in [0.25, 0.3) is 0 Å². The minimum absolute atomic E-state index is 0.399. The van der Waals surface area contributed by atoms with Gasteiger partial charge in [-0.05, 0) is 5.56 Å². The Balaban J connectivity index is 2.54. The van der Waals surface area contributed by atoms with Gasteiger partial charge in [0.15, 0.2) is 0 Å². The first-order chi connectivity index (χ1) is 6.13. The molecule has 1 rings (SSSR count). The molecule has 5 nitrogen and oxygen atoms in total. The van der Waals surface area contributed by atoms with Gasteiger partial charge in [-0.25, -0.2) is 0 Å². The second-order valence-corrected chi connectivity index (χ2v) is 2.86. The van der Waals surface area contributed by atoms with E-state index in [0.29, 0.717) is 6.42 Å². The summed E-state index contributed by atoms with van der Waals surface area (Å²) in [6.07, 6.45) is 3.96. The Morgan fingerprint density at radius 1 is 1.85 bits per heavy atom. The number of carbonyl (C=O) groups excluding carboxylic acids is 1. The quantitative estimate of drug-likeness (QED) is 0.639. The number of nitrogens with zero attached hydrogens (tertiary/aromatic N) is 2. The molecule has 0 spiro atoms. The molecule has 0 saturated heterocycles. The summed E-state index contributed by atoms with van der Waals surface area (Å²) in [5, 5.41) is 3.96. The van der Waals surface area contributed by atoms with Crippen LogP contribution in [0.5, 0.6) is 0 Å². The van der Waals surface area contributed by atoms with Crippen LogP contribution in [-0.4, -0.2) is 28.9 Å². The molecule has 1 aromatic heterocycles. The maximum atomic E-state index is 10.9. The highest BCUT2D eigenvalue weighted by Crippen LogP contribution is 2.00. The second kappa shape index (κ2) is 4.04. The molecule has 0 radical (unpaired) electrons. The first kappa shape index (κ1) is 9.73. The van der Waals surface area contributed by atoms with E-state index < -0.39 is 12.0 Å². The van der Waals surface area contributed by atoms with Gasteiger partial charge in [-0.2, -0.15) is 5.10 Å². The number of ether oxygens (including phenoxy) is 1. The van der Waals surface area contributed by atoms with E-state index in [2.05, 4.69) is 9.84 Å². The summed E-state index contributed by atoms with van der Waals surface area (Å²) in [5.41, 5.74) is 6.49. The molecular formula is C8H13N3O2. The molecule has 1 aromatic rings. The van der Waals surface area contributed by atoms with Crippen LogP contribution in [0.25, 0.3) is 0 Å². The largest absolute Gasteiger partial charge is 0.468 e. The molecule has 0 aliphatic carbocycles. The van der Waals surface area contributed by atoms with Crippen LogP contribution in [0.2, 0.25) is 0 Å². The van der Waals surface area contributed by atoms with E-state index in [1.807, 2.05) is 13.2 Å². The van der Waals surface area contributed by atoms with Crippen LogP contribution >= 0.6 is 0 Å². The standard InChI is InChI=1S/C8H13N3O2/c1-11-5-6(4-10-11)3-7(9)8(12)13-2/h4-5,7H,3,9H2,1-2H3. The predicted octanol–water partition coefficient (Wildman–Crippen LogP) is -0.537. The van der Waals surface area contributed by atoms with E-state index in [-0.39, 0.29) is 0 Å². The summed E-state index contributed by atoms with van der Waals surface area (Å²) in [6.45, 7) is 0. The van der Waals surface area contributed by atoms with Crippen LogP contribution in [0.15, 0.2) is 12.4 Å². The minimum Gasteiger partial charge on any atom is -0.468 e. The third-order valence-corrected chi connectivity index (χ3v) is 1.72. The highest BCUT2D eigenvalue weighted by atomic mass is 16.5. The normalized spacial score (nSPS) is 12.5. The zero-order valence-electron chi connectivity index (χ0n) is 7.73. The lowest BCUT2D eigenvalue weighted by molar-refractivity contribution is -0.142. The lowest BCUT2D eigenvalue weighted by Gasteiger charge is -2.06. The summed E-state index contributed by atoms with van der Waals surface area (Å²) in [6, 6.07) is -0.603. The highest BCUT2D eigenvalue weighted by molar-refractivity contribution is 5.75. The third-order valence-electron chi connectivity index (χ3n) is 1.72. The van der Waals surface area contributed by atoms with Crippen molar-refractivity contribution in [2.75, 3.05) is 7.11 Å². The number of hydrogen-bond acceptors (Lipinski definition) is 4. The first-order valence-corrected chi connectivity index (χ1v) is 3.94. The molecular weight excluding hydrogens is 170 g/mol. The number of aromatic nitrogens is 2. The van der Waals surface area contributed by atoms with Crippen LogP contribution in [0.3, 0.4) is 0 Å². The van der Waals surface area contributed by atoms with Gasteiger partial charge in [0.1, 0.15) is 6.04 Å². The number of hydrogen-bond donors (Lipinski definition) is 1. The Kier molecular flexibility index (Phi) is 3.02. The molecule has 0 fully saturated rings. The average molecular weight is 183 g/mol. The summed E-state index contributed by atoms with van der Waals surface area (Å²) in [4.78, 5) is 10.9. The van der Waals surface area contributed by atoms with Crippen LogP contribution in [-0.2, 0) is 23.0 Å². The number of aryl methyl sites for hydroxylation is 1. The predicted molar refractivity (Wildman–Crippen MR) is 46.9 cm³/mol. The fourth-order valence-electron chi connectivity index (χ4n) is 1.07. The summed E-state index contributed by atoms with van der Waals surface area (Å²) in [7, 11) is 3.14. The zero-order chi connectivity index (χ0) is 9.84. The molecule has 0 bridgehead atoms. The summed E-state index contributed by atoms with van der Waals surface area (Å²) in [5.74, 6) is -0.399. The smallest absolute Gasteiger partial charge is 0.322 e. The molecule has 0 saturated carbocycles. The zero-order valence-corrected chi connectivity index (χ0v) is 7.73. The van der Waals surface area contributed by atoms with Crippen LogP contribution in [0.4, 0.5) is 0 Å².